The molecule has 2 aromatic carbocycles. The van der Waals surface area contributed by atoms with Crippen molar-refractivity contribution in [2.75, 3.05) is 56.7 Å². The van der Waals surface area contributed by atoms with Crippen molar-refractivity contribution in [3.8, 4) is 0 Å². The molecule has 0 bridgehead atoms. The summed E-state index contributed by atoms with van der Waals surface area (Å²) in [5, 5.41) is 5.63. The average molecular weight is 451 g/mol. The second-order valence-electron chi connectivity index (χ2n) is 8.99. The number of carbonyl (C=O) groups is 2. The van der Waals surface area contributed by atoms with Crippen LogP contribution in [-0.4, -0.2) is 63.2 Å². The molecule has 7 nitrogen and oxygen atoms in total. The van der Waals surface area contributed by atoms with Gasteiger partial charge in [-0.3, -0.25) is 14.5 Å². The molecule has 0 aromatic heterocycles. The highest BCUT2D eigenvalue weighted by molar-refractivity contribution is 6.39. The first kappa shape index (κ1) is 23.3. The fourth-order valence-corrected chi connectivity index (χ4v) is 4.69. The van der Waals surface area contributed by atoms with Gasteiger partial charge in [-0.15, -0.1) is 0 Å². The van der Waals surface area contributed by atoms with E-state index in [1.807, 2.05) is 32.0 Å². The summed E-state index contributed by atoms with van der Waals surface area (Å²) >= 11 is 0. The van der Waals surface area contributed by atoms with Crippen LogP contribution >= 0.6 is 0 Å². The van der Waals surface area contributed by atoms with Gasteiger partial charge in [0.15, 0.2) is 0 Å². The molecule has 0 radical (unpaired) electrons. The quantitative estimate of drug-likeness (QED) is 0.686. The van der Waals surface area contributed by atoms with Crippen molar-refractivity contribution in [1.82, 2.24) is 10.2 Å². The van der Waals surface area contributed by atoms with Gasteiger partial charge < -0.3 is 20.3 Å². The zero-order valence-corrected chi connectivity index (χ0v) is 19.8. The third kappa shape index (κ3) is 5.37. The number of benzene rings is 2. The van der Waals surface area contributed by atoms with Gasteiger partial charge in [0.25, 0.3) is 0 Å². The minimum atomic E-state index is -0.642. The summed E-state index contributed by atoms with van der Waals surface area (Å²) in [7, 11) is 2.13. The third-order valence-corrected chi connectivity index (χ3v) is 6.84. The molecular weight excluding hydrogens is 416 g/mol. The summed E-state index contributed by atoms with van der Waals surface area (Å²) in [6.07, 6.45) is 2.21. The van der Waals surface area contributed by atoms with Crippen LogP contribution in [0.15, 0.2) is 36.4 Å². The molecule has 7 heteroatoms. The average Bonchev–Trinajstić information content (AvgIpc) is 2.83. The van der Waals surface area contributed by atoms with E-state index in [0.29, 0.717) is 25.4 Å². The summed E-state index contributed by atoms with van der Waals surface area (Å²) in [5.74, 6) is -1.26. The molecule has 176 valence electrons. The molecular formula is C26H34N4O3. The number of ether oxygens (including phenoxy) is 1. The van der Waals surface area contributed by atoms with Gasteiger partial charge in [0.2, 0.25) is 0 Å². The molecule has 2 aliphatic rings. The number of nitrogens with zero attached hydrogens (tertiary/aromatic N) is 2. The maximum Gasteiger partial charge on any atom is 0.313 e. The highest BCUT2D eigenvalue weighted by atomic mass is 16.5. The van der Waals surface area contributed by atoms with Crippen molar-refractivity contribution in [2.24, 2.45) is 0 Å². The van der Waals surface area contributed by atoms with Gasteiger partial charge in [-0.2, -0.15) is 0 Å². The molecule has 4 rings (SSSR count). The van der Waals surface area contributed by atoms with Crippen molar-refractivity contribution in [3.63, 3.8) is 0 Å². The molecule has 1 atom stereocenters. The second-order valence-corrected chi connectivity index (χ2v) is 8.99. The Morgan fingerprint density at radius 2 is 1.85 bits per heavy atom. The molecule has 1 saturated heterocycles. The van der Waals surface area contributed by atoms with E-state index < -0.39 is 11.8 Å². The molecule has 1 fully saturated rings. The van der Waals surface area contributed by atoms with Crippen molar-refractivity contribution < 1.29 is 14.3 Å². The van der Waals surface area contributed by atoms with Crippen LogP contribution in [0.4, 0.5) is 11.4 Å². The first-order valence-electron chi connectivity index (χ1n) is 11.7. The maximum atomic E-state index is 12.7. The number of anilines is 2. The van der Waals surface area contributed by atoms with Crippen LogP contribution in [0.3, 0.4) is 0 Å². The standard InChI is InChI=1S/C26H34N4O3/c1-18-6-4-8-22(19(18)2)28-26(32)25(31)27-17-24(30-12-14-33-15-13-30)21-9-10-23-20(16-21)7-5-11-29(23)3/h4,6,8-10,16,24H,5,7,11-15,17H2,1-3H3,(H,27,31)(H,28,32). The van der Waals surface area contributed by atoms with Gasteiger partial charge in [-0.1, -0.05) is 24.3 Å². The fourth-order valence-electron chi connectivity index (χ4n) is 4.69. The van der Waals surface area contributed by atoms with E-state index in [0.717, 1.165) is 43.6 Å². The van der Waals surface area contributed by atoms with Crippen LogP contribution < -0.4 is 15.5 Å². The second kappa shape index (κ2) is 10.4. The third-order valence-electron chi connectivity index (χ3n) is 6.84. The number of aryl methyl sites for hydroxylation is 2. The number of amides is 2. The smallest absolute Gasteiger partial charge is 0.313 e. The zero-order chi connectivity index (χ0) is 23.4. The summed E-state index contributed by atoms with van der Waals surface area (Å²) in [4.78, 5) is 29.9. The van der Waals surface area contributed by atoms with Crippen LogP contribution in [0.25, 0.3) is 0 Å². The predicted molar refractivity (Wildman–Crippen MR) is 131 cm³/mol. The Kier molecular flexibility index (Phi) is 7.30. The lowest BCUT2D eigenvalue weighted by atomic mass is 9.95. The van der Waals surface area contributed by atoms with Gasteiger partial charge in [-0.05, 0) is 61.1 Å². The lowest BCUT2D eigenvalue weighted by molar-refractivity contribution is -0.136. The molecule has 0 saturated carbocycles. The number of nitrogens with one attached hydrogen (secondary N) is 2. The molecule has 2 aromatic rings. The number of carbonyl (C=O) groups excluding carboxylic acids is 2. The summed E-state index contributed by atoms with van der Waals surface area (Å²) < 4.78 is 5.54. The maximum absolute atomic E-state index is 12.7. The summed E-state index contributed by atoms with van der Waals surface area (Å²) in [6.45, 7) is 8.30. The van der Waals surface area contributed by atoms with Gasteiger partial charge in [0.1, 0.15) is 0 Å². The van der Waals surface area contributed by atoms with Crippen LogP contribution in [0.5, 0.6) is 0 Å². The van der Waals surface area contributed by atoms with Crippen LogP contribution in [0.1, 0.15) is 34.7 Å². The van der Waals surface area contributed by atoms with Gasteiger partial charge in [0, 0.05) is 44.6 Å². The zero-order valence-electron chi connectivity index (χ0n) is 19.8. The van der Waals surface area contributed by atoms with E-state index in [-0.39, 0.29) is 6.04 Å². The van der Waals surface area contributed by atoms with Crippen molar-refractivity contribution in [2.45, 2.75) is 32.7 Å². The van der Waals surface area contributed by atoms with E-state index in [1.54, 1.807) is 0 Å². The minimum absolute atomic E-state index is 0.0103. The number of morpholine rings is 1. The lowest BCUT2D eigenvalue weighted by Gasteiger charge is -2.36. The first-order chi connectivity index (χ1) is 15.9. The first-order valence-corrected chi connectivity index (χ1v) is 11.7. The van der Waals surface area contributed by atoms with Crippen LogP contribution in [0.2, 0.25) is 0 Å². The Morgan fingerprint density at radius 3 is 2.64 bits per heavy atom. The molecule has 0 aliphatic carbocycles. The van der Waals surface area contributed by atoms with E-state index in [9.17, 15) is 9.59 Å². The predicted octanol–water partition coefficient (Wildman–Crippen LogP) is 2.81. The highest BCUT2D eigenvalue weighted by Gasteiger charge is 2.26. The molecule has 2 amide bonds. The minimum Gasteiger partial charge on any atom is -0.379 e. The van der Waals surface area contributed by atoms with E-state index in [4.69, 9.17) is 4.74 Å². The number of fused-ring (bicyclic) bond motifs is 1. The Bertz CT molecular complexity index is 1020. The Balaban J connectivity index is 1.47. The molecule has 0 spiro atoms. The van der Waals surface area contributed by atoms with Crippen molar-refractivity contribution >= 4 is 23.2 Å². The summed E-state index contributed by atoms with van der Waals surface area (Å²) in [6, 6.07) is 12.3. The number of rotatable bonds is 5. The largest absolute Gasteiger partial charge is 0.379 e. The Morgan fingerprint density at radius 1 is 1.06 bits per heavy atom. The molecule has 2 heterocycles. The van der Waals surface area contributed by atoms with Gasteiger partial charge in [0.05, 0.1) is 19.3 Å². The molecule has 1 unspecified atom stereocenters. The highest BCUT2D eigenvalue weighted by Crippen LogP contribution is 2.31. The normalized spacial score (nSPS) is 17.2. The Labute approximate surface area is 196 Å². The number of hydrogen-bond acceptors (Lipinski definition) is 5. The van der Waals surface area contributed by atoms with Gasteiger partial charge in [-0.25, -0.2) is 0 Å². The van der Waals surface area contributed by atoms with Crippen molar-refractivity contribution in [3.05, 3.63) is 58.7 Å². The van der Waals surface area contributed by atoms with Crippen molar-refractivity contribution in [1.29, 1.82) is 0 Å². The Hall–Kier alpha value is -2.90. The topological polar surface area (TPSA) is 73.9 Å². The van der Waals surface area contributed by atoms with Crippen LogP contribution in [0, 0.1) is 13.8 Å². The van der Waals surface area contributed by atoms with E-state index >= 15 is 0 Å². The van der Waals surface area contributed by atoms with Crippen LogP contribution in [-0.2, 0) is 20.7 Å². The molecule has 2 N–H and O–H groups in total. The fraction of sp³-hybridized carbons (Fsp3) is 0.462. The lowest BCUT2D eigenvalue weighted by Crippen LogP contribution is -2.45. The summed E-state index contributed by atoms with van der Waals surface area (Å²) in [5.41, 5.74) is 6.49. The van der Waals surface area contributed by atoms with Gasteiger partial charge >= 0.3 is 11.8 Å². The molecule has 2 aliphatic heterocycles. The molecule has 33 heavy (non-hydrogen) atoms. The van der Waals surface area contributed by atoms with E-state index in [2.05, 4.69) is 45.7 Å². The van der Waals surface area contributed by atoms with E-state index in [1.165, 1.54) is 16.8 Å². The monoisotopic (exact) mass is 450 g/mol. The SMILES string of the molecule is Cc1cccc(NC(=O)C(=O)NCC(c2ccc3c(c2)CCCN3C)N2CCOCC2)c1C. The number of hydrogen-bond donors (Lipinski definition) is 2.